The maximum absolute atomic E-state index is 10.8. The van der Waals surface area contributed by atoms with Gasteiger partial charge in [0.1, 0.15) is 0 Å². The minimum Gasteiger partial charge on any atom is -0.212 e. The molecule has 6 heteroatoms. The van der Waals surface area contributed by atoms with E-state index in [0.717, 1.165) is 11.1 Å². The molecule has 0 radical (unpaired) electrons. The fourth-order valence-electron chi connectivity index (χ4n) is 1.38. The van der Waals surface area contributed by atoms with Crippen molar-refractivity contribution >= 4 is 48.5 Å². The van der Waals surface area contributed by atoms with E-state index in [1.807, 2.05) is 0 Å². The number of allylic oxidation sites excluding steroid dienone is 4. The molecule has 1 aromatic carbocycles. The molecule has 0 saturated carbocycles. The lowest BCUT2D eigenvalue weighted by atomic mass is 10.1. The molecule has 0 heterocycles. The fourth-order valence-corrected chi connectivity index (χ4v) is 2.44. The third kappa shape index (κ3) is 5.83. The average Bonchev–Trinajstić information content (AvgIpc) is 2.26. The summed E-state index contributed by atoms with van der Waals surface area (Å²) in [5.41, 5.74) is 1.45. The van der Waals surface area contributed by atoms with Gasteiger partial charge in [-0.1, -0.05) is 60.2 Å². The first-order valence-electron chi connectivity index (χ1n) is 5.20. The van der Waals surface area contributed by atoms with Gasteiger partial charge in [0.15, 0.2) is 0 Å². The minimum atomic E-state index is -3.56. The van der Waals surface area contributed by atoms with Gasteiger partial charge in [-0.2, -0.15) is 0 Å². The van der Waals surface area contributed by atoms with E-state index in [1.165, 1.54) is 6.08 Å². The quantitative estimate of drug-likeness (QED) is 0.577. The molecule has 2 nitrogen and oxygen atoms in total. The van der Waals surface area contributed by atoms with Gasteiger partial charge < -0.3 is 0 Å². The Hall–Kier alpha value is -0.740. The summed E-state index contributed by atoms with van der Waals surface area (Å²) in [6, 6.07) is 5.06. The smallest absolute Gasteiger partial charge is 0.212 e. The number of hydrogen-bond acceptors (Lipinski definition) is 2. The maximum Gasteiger partial charge on any atom is 0.236 e. The molecule has 0 aliphatic rings. The van der Waals surface area contributed by atoms with Crippen LogP contribution in [0.5, 0.6) is 0 Å². The SMILES string of the molecule is C=C/C=C(\C=C/CS(=O)(=O)Cl)c1ccc(Cl)cc1Cl. The van der Waals surface area contributed by atoms with Crippen LogP contribution in [0.2, 0.25) is 10.0 Å². The topological polar surface area (TPSA) is 34.1 Å². The summed E-state index contributed by atoms with van der Waals surface area (Å²) < 4.78 is 21.7. The second-order valence-electron chi connectivity index (χ2n) is 3.59. The normalized spacial score (nSPS) is 12.9. The van der Waals surface area contributed by atoms with Gasteiger partial charge in [-0.15, -0.1) is 0 Å². The Balaban J connectivity index is 3.09. The van der Waals surface area contributed by atoms with Gasteiger partial charge in [-0.05, 0) is 17.7 Å². The molecule has 1 rings (SSSR count). The third-order valence-electron chi connectivity index (χ3n) is 2.13. The molecule has 0 bridgehead atoms. The first-order chi connectivity index (χ1) is 8.83. The molecule has 0 aliphatic carbocycles. The summed E-state index contributed by atoms with van der Waals surface area (Å²) in [6.07, 6.45) is 6.37. The van der Waals surface area contributed by atoms with Crippen molar-refractivity contribution in [2.24, 2.45) is 0 Å². The van der Waals surface area contributed by atoms with Crippen LogP contribution in [0.3, 0.4) is 0 Å². The fraction of sp³-hybridized carbons (Fsp3) is 0.0769. The van der Waals surface area contributed by atoms with Crippen molar-refractivity contribution in [3.63, 3.8) is 0 Å². The van der Waals surface area contributed by atoms with E-state index in [1.54, 1.807) is 36.4 Å². The third-order valence-corrected chi connectivity index (χ3v) is 3.65. The highest BCUT2D eigenvalue weighted by Crippen LogP contribution is 2.28. The second kappa shape index (κ2) is 7.15. The van der Waals surface area contributed by atoms with E-state index >= 15 is 0 Å². The van der Waals surface area contributed by atoms with Crippen molar-refractivity contribution in [2.45, 2.75) is 0 Å². The number of hydrogen-bond donors (Lipinski definition) is 0. The van der Waals surface area contributed by atoms with Crippen molar-refractivity contribution in [1.29, 1.82) is 0 Å². The number of rotatable bonds is 5. The Bertz CT molecular complexity index is 631. The first kappa shape index (κ1) is 16.3. The van der Waals surface area contributed by atoms with E-state index in [9.17, 15) is 8.42 Å². The minimum absolute atomic E-state index is 0.256. The monoisotopic (exact) mass is 336 g/mol. The van der Waals surface area contributed by atoms with Gasteiger partial charge in [0.05, 0.1) is 5.75 Å². The zero-order chi connectivity index (χ0) is 14.5. The lowest BCUT2D eigenvalue weighted by Crippen LogP contribution is -1.92. The van der Waals surface area contributed by atoms with Crippen LogP contribution in [0.15, 0.2) is 49.1 Å². The maximum atomic E-state index is 10.8. The molecule has 0 N–H and O–H groups in total. The molecule has 0 spiro atoms. The van der Waals surface area contributed by atoms with Gasteiger partial charge >= 0.3 is 0 Å². The van der Waals surface area contributed by atoms with Crippen molar-refractivity contribution in [3.8, 4) is 0 Å². The zero-order valence-electron chi connectivity index (χ0n) is 9.81. The highest BCUT2D eigenvalue weighted by Gasteiger charge is 2.05. The zero-order valence-corrected chi connectivity index (χ0v) is 12.9. The standard InChI is InChI=1S/C13H11Cl3O2S/c1-2-4-10(5-3-8-19(16,17)18)12-7-6-11(14)9-13(12)15/h2-7,9H,1,8H2/b5-3-,10-4+. The molecule has 0 saturated heterocycles. The Kier molecular flexibility index (Phi) is 6.14. The van der Waals surface area contributed by atoms with Crippen LogP contribution in [-0.4, -0.2) is 14.2 Å². The molecule has 102 valence electrons. The summed E-state index contributed by atoms with van der Waals surface area (Å²) in [4.78, 5) is 0. The molecule has 0 atom stereocenters. The van der Waals surface area contributed by atoms with Crippen LogP contribution in [-0.2, 0) is 9.05 Å². The molecular formula is C13H11Cl3O2S. The van der Waals surface area contributed by atoms with Crippen molar-refractivity contribution in [3.05, 3.63) is 64.7 Å². The summed E-state index contributed by atoms with van der Waals surface area (Å²) in [6.45, 7) is 3.61. The molecule has 0 fully saturated rings. The Morgan fingerprint density at radius 1 is 1.32 bits per heavy atom. The molecule has 0 unspecified atom stereocenters. The largest absolute Gasteiger partial charge is 0.236 e. The molecule has 0 aromatic heterocycles. The van der Waals surface area contributed by atoms with E-state index < -0.39 is 9.05 Å². The predicted octanol–water partition coefficient (Wildman–Crippen LogP) is 4.69. The molecule has 0 aliphatic heterocycles. The van der Waals surface area contributed by atoms with E-state index in [2.05, 4.69) is 6.58 Å². The molecule has 19 heavy (non-hydrogen) atoms. The van der Waals surface area contributed by atoms with E-state index in [-0.39, 0.29) is 5.75 Å². The summed E-state index contributed by atoms with van der Waals surface area (Å²) >= 11 is 11.9. The number of benzene rings is 1. The van der Waals surface area contributed by atoms with Crippen LogP contribution in [0, 0.1) is 0 Å². The summed E-state index contributed by atoms with van der Waals surface area (Å²) in [5.74, 6) is -0.256. The Morgan fingerprint density at radius 3 is 2.53 bits per heavy atom. The molecule has 1 aromatic rings. The van der Waals surface area contributed by atoms with Gasteiger partial charge in [0.25, 0.3) is 0 Å². The highest BCUT2D eigenvalue weighted by molar-refractivity contribution is 8.13. The van der Waals surface area contributed by atoms with Crippen molar-refractivity contribution in [1.82, 2.24) is 0 Å². The van der Waals surface area contributed by atoms with Crippen molar-refractivity contribution < 1.29 is 8.42 Å². The van der Waals surface area contributed by atoms with Gasteiger partial charge in [-0.3, -0.25) is 0 Å². The van der Waals surface area contributed by atoms with Gasteiger partial charge in [0.2, 0.25) is 9.05 Å². The van der Waals surface area contributed by atoms with E-state index in [4.69, 9.17) is 33.9 Å². The van der Waals surface area contributed by atoms with E-state index in [0.29, 0.717) is 10.0 Å². The average molecular weight is 338 g/mol. The Morgan fingerprint density at radius 2 is 2.00 bits per heavy atom. The van der Waals surface area contributed by atoms with Gasteiger partial charge in [0, 0.05) is 26.3 Å². The van der Waals surface area contributed by atoms with Crippen molar-refractivity contribution in [2.75, 3.05) is 5.75 Å². The first-order valence-corrected chi connectivity index (χ1v) is 8.44. The summed E-state index contributed by atoms with van der Waals surface area (Å²) in [5, 5.41) is 0.998. The van der Waals surface area contributed by atoms with Crippen LogP contribution in [0.25, 0.3) is 5.57 Å². The molecule has 0 amide bonds. The van der Waals surface area contributed by atoms with Crippen LogP contribution in [0.4, 0.5) is 0 Å². The second-order valence-corrected chi connectivity index (χ2v) is 7.25. The van der Waals surface area contributed by atoms with Crippen LogP contribution < -0.4 is 0 Å². The lowest BCUT2D eigenvalue weighted by molar-refractivity contribution is 0.612. The highest BCUT2D eigenvalue weighted by atomic mass is 35.7. The predicted molar refractivity (Wildman–Crippen MR) is 83.4 cm³/mol. The number of halogens is 3. The molecular weight excluding hydrogens is 327 g/mol. The lowest BCUT2D eigenvalue weighted by Gasteiger charge is -2.05. The van der Waals surface area contributed by atoms with Crippen LogP contribution in [0.1, 0.15) is 5.56 Å². The van der Waals surface area contributed by atoms with Crippen LogP contribution >= 0.6 is 33.9 Å². The van der Waals surface area contributed by atoms with Gasteiger partial charge in [-0.25, -0.2) is 8.42 Å². The summed E-state index contributed by atoms with van der Waals surface area (Å²) in [7, 11) is 1.57. The Labute approximate surface area is 127 Å².